The van der Waals surface area contributed by atoms with Crippen LogP contribution in [-0.4, -0.2) is 29.3 Å². The second-order valence-electron chi connectivity index (χ2n) is 11.7. The zero-order valence-corrected chi connectivity index (χ0v) is 25.5. The highest BCUT2D eigenvalue weighted by Crippen LogP contribution is 2.34. The number of allylic oxidation sites excluding steroid dienone is 4. The van der Waals surface area contributed by atoms with Crippen LogP contribution in [0.5, 0.6) is 0 Å². The number of hydrogen-bond donors (Lipinski definition) is 0. The van der Waals surface area contributed by atoms with Gasteiger partial charge in [-0.1, -0.05) is 97.1 Å². The summed E-state index contributed by atoms with van der Waals surface area (Å²) in [6.07, 6.45) is 12.4. The van der Waals surface area contributed by atoms with Crippen molar-refractivity contribution in [3.8, 4) is 45.0 Å². The molecule has 0 spiro atoms. The predicted octanol–water partition coefficient (Wildman–Crippen LogP) is 9.62. The number of para-hydroxylation sites is 1. The van der Waals surface area contributed by atoms with E-state index in [0.29, 0.717) is 0 Å². The molecule has 5 heterocycles. The van der Waals surface area contributed by atoms with Gasteiger partial charge in [0.25, 0.3) is 0 Å². The molecule has 6 nitrogen and oxygen atoms in total. The largest absolute Gasteiger partial charge is 0.298 e. The summed E-state index contributed by atoms with van der Waals surface area (Å²) < 4.78 is 2.13. The average Bonchev–Trinajstić information content (AvgIpc) is 3.55. The highest BCUT2D eigenvalue weighted by Gasteiger charge is 2.17. The minimum Gasteiger partial charge on any atom is -0.298 e. The van der Waals surface area contributed by atoms with Gasteiger partial charge in [-0.05, 0) is 60.4 Å². The first-order valence-corrected chi connectivity index (χ1v) is 15.8. The van der Waals surface area contributed by atoms with E-state index in [2.05, 4.69) is 94.5 Å². The standard InChI is InChI=1S/C41H28N6/c1-2-10-31(11-3-1)41-44-35(26-36(45-41)34-14-6-8-24-42-34)29-20-16-27(17-21-29)28-18-22-30(23-19-28)38-40-39(32-12-4-5-13-33(32)43-38)46-37-15-7-9-25-47(37)40/h2,4-26H,1,3H2. The van der Waals surface area contributed by atoms with Gasteiger partial charge in [0.15, 0.2) is 5.82 Å². The highest BCUT2D eigenvalue weighted by molar-refractivity contribution is 6.09. The van der Waals surface area contributed by atoms with Crippen LogP contribution in [0.2, 0.25) is 0 Å². The molecule has 6 heteroatoms. The Bertz CT molecular complexity index is 2490. The summed E-state index contributed by atoms with van der Waals surface area (Å²) in [5, 5.41) is 1.06. The third kappa shape index (κ3) is 4.87. The number of imidazole rings is 1. The average molecular weight is 605 g/mol. The maximum absolute atomic E-state index is 5.13. The normalized spacial score (nSPS) is 13.0. The molecular weight excluding hydrogens is 576 g/mol. The van der Waals surface area contributed by atoms with Crippen molar-refractivity contribution in [2.75, 3.05) is 0 Å². The zero-order valence-electron chi connectivity index (χ0n) is 25.5. The van der Waals surface area contributed by atoms with Crippen LogP contribution in [0.3, 0.4) is 0 Å². The smallest absolute Gasteiger partial charge is 0.160 e. The lowest BCUT2D eigenvalue weighted by Gasteiger charge is -2.11. The van der Waals surface area contributed by atoms with Gasteiger partial charge >= 0.3 is 0 Å². The van der Waals surface area contributed by atoms with E-state index >= 15 is 0 Å². The van der Waals surface area contributed by atoms with Crippen molar-refractivity contribution in [2.24, 2.45) is 0 Å². The lowest BCUT2D eigenvalue weighted by molar-refractivity contribution is 1.03. The Kier molecular flexibility index (Phi) is 6.49. The van der Waals surface area contributed by atoms with Gasteiger partial charge in [-0.25, -0.2) is 19.9 Å². The third-order valence-corrected chi connectivity index (χ3v) is 8.72. The lowest BCUT2D eigenvalue weighted by atomic mass is 9.99. The Morgan fingerprint density at radius 1 is 0.574 bits per heavy atom. The van der Waals surface area contributed by atoms with Gasteiger partial charge in [-0.15, -0.1) is 0 Å². The fourth-order valence-electron chi connectivity index (χ4n) is 6.36. The number of benzene rings is 3. The lowest BCUT2D eigenvalue weighted by Crippen LogP contribution is -2.00. The minimum absolute atomic E-state index is 0.723. The van der Waals surface area contributed by atoms with E-state index in [0.717, 1.165) is 96.9 Å². The fraction of sp³-hybridized carbons (Fsp3) is 0.0488. The molecule has 0 saturated heterocycles. The molecule has 0 saturated carbocycles. The maximum Gasteiger partial charge on any atom is 0.160 e. The summed E-state index contributed by atoms with van der Waals surface area (Å²) in [4.78, 5) is 24.6. The third-order valence-electron chi connectivity index (χ3n) is 8.72. The summed E-state index contributed by atoms with van der Waals surface area (Å²) in [5.74, 6) is 0.723. The number of aromatic nitrogens is 6. The van der Waals surface area contributed by atoms with Crippen LogP contribution in [0, 0.1) is 0 Å². The van der Waals surface area contributed by atoms with Crippen LogP contribution in [0.1, 0.15) is 18.7 Å². The van der Waals surface area contributed by atoms with Crippen LogP contribution < -0.4 is 0 Å². The SMILES string of the molecule is C1=CC(c2nc(-c3ccc(-c4ccc(-c5nc6ccccc6c6nc7ccccn7c56)cc4)cc3)cc(-c3ccccn3)n2)=CCC1. The van der Waals surface area contributed by atoms with E-state index in [-0.39, 0.29) is 0 Å². The van der Waals surface area contributed by atoms with Crippen LogP contribution in [0.4, 0.5) is 0 Å². The molecule has 5 aromatic heterocycles. The molecule has 222 valence electrons. The van der Waals surface area contributed by atoms with E-state index in [9.17, 15) is 0 Å². The predicted molar refractivity (Wildman–Crippen MR) is 189 cm³/mol. The molecule has 0 amide bonds. The first kappa shape index (κ1) is 27.1. The molecule has 1 aliphatic carbocycles. The Hall–Kier alpha value is -6.27. The second kappa shape index (κ2) is 11.3. The topological polar surface area (TPSA) is 68.9 Å². The first-order valence-electron chi connectivity index (χ1n) is 15.8. The second-order valence-corrected chi connectivity index (χ2v) is 11.7. The van der Waals surface area contributed by atoms with Gasteiger partial charge in [-0.2, -0.15) is 0 Å². The summed E-state index contributed by atoms with van der Waals surface area (Å²) in [7, 11) is 0. The van der Waals surface area contributed by atoms with Crippen molar-refractivity contribution in [1.29, 1.82) is 0 Å². The quantitative estimate of drug-likeness (QED) is 0.196. The van der Waals surface area contributed by atoms with E-state index < -0.39 is 0 Å². The summed E-state index contributed by atoms with van der Waals surface area (Å²) >= 11 is 0. The summed E-state index contributed by atoms with van der Waals surface area (Å²) in [6.45, 7) is 0. The first-order chi connectivity index (χ1) is 23.3. The van der Waals surface area contributed by atoms with Crippen LogP contribution >= 0.6 is 0 Å². The minimum atomic E-state index is 0.723. The molecule has 1 aliphatic rings. The zero-order chi connectivity index (χ0) is 31.2. The number of hydrogen-bond acceptors (Lipinski definition) is 5. The maximum atomic E-state index is 5.13. The molecule has 0 N–H and O–H groups in total. The van der Waals surface area contributed by atoms with E-state index in [4.69, 9.17) is 19.9 Å². The molecule has 0 aliphatic heterocycles. The molecule has 3 aromatic carbocycles. The Labute approximate surface area is 271 Å². The molecule has 0 atom stereocenters. The Balaban J connectivity index is 1.08. The number of rotatable bonds is 5. The highest BCUT2D eigenvalue weighted by atomic mass is 15.0. The molecule has 0 bridgehead atoms. The number of pyridine rings is 3. The van der Waals surface area contributed by atoms with Gasteiger partial charge in [0.2, 0.25) is 0 Å². The molecule has 9 rings (SSSR count). The van der Waals surface area contributed by atoms with Crippen LogP contribution in [0.15, 0.2) is 146 Å². The molecule has 0 radical (unpaired) electrons. The van der Waals surface area contributed by atoms with E-state index in [1.54, 1.807) is 6.20 Å². The van der Waals surface area contributed by atoms with Gasteiger partial charge in [0.1, 0.15) is 11.2 Å². The van der Waals surface area contributed by atoms with Crippen molar-refractivity contribution in [3.63, 3.8) is 0 Å². The van der Waals surface area contributed by atoms with Gasteiger partial charge in [-0.3, -0.25) is 9.38 Å². The summed E-state index contributed by atoms with van der Waals surface area (Å²) in [6, 6.07) is 39.5. The Morgan fingerprint density at radius 2 is 1.32 bits per heavy atom. The van der Waals surface area contributed by atoms with Gasteiger partial charge in [0.05, 0.1) is 33.8 Å². The molecule has 47 heavy (non-hydrogen) atoms. The van der Waals surface area contributed by atoms with Gasteiger partial charge in [0, 0.05) is 34.5 Å². The molecule has 8 aromatic rings. The number of nitrogens with zero attached hydrogens (tertiary/aromatic N) is 6. The Morgan fingerprint density at radius 3 is 2.11 bits per heavy atom. The van der Waals surface area contributed by atoms with E-state index in [1.165, 1.54) is 0 Å². The van der Waals surface area contributed by atoms with Crippen molar-refractivity contribution >= 4 is 33.2 Å². The molecule has 0 fully saturated rings. The van der Waals surface area contributed by atoms with Crippen LogP contribution in [-0.2, 0) is 0 Å². The summed E-state index contributed by atoms with van der Waals surface area (Å²) in [5.41, 5.74) is 12.7. The number of fused-ring (bicyclic) bond motifs is 5. The monoisotopic (exact) mass is 604 g/mol. The van der Waals surface area contributed by atoms with Crippen molar-refractivity contribution in [1.82, 2.24) is 29.3 Å². The molecule has 0 unspecified atom stereocenters. The van der Waals surface area contributed by atoms with Crippen molar-refractivity contribution < 1.29 is 0 Å². The van der Waals surface area contributed by atoms with Crippen molar-refractivity contribution in [3.05, 3.63) is 152 Å². The van der Waals surface area contributed by atoms with Gasteiger partial charge < -0.3 is 0 Å². The van der Waals surface area contributed by atoms with Crippen molar-refractivity contribution in [2.45, 2.75) is 12.8 Å². The van der Waals surface area contributed by atoms with E-state index in [1.807, 2.05) is 54.6 Å². The molecular formula is C41H28N6. The fourth-order valence-corrected chi connectivity index (χ4v) is 6.36. The van der Waals surface area contributed by atoms with Crippen LogP contribution in [0.25, 0.3) is 78.2 Å².